The summed E-state index contributed by atoms with van der Waals surface area (Å²) in [6.45, 7) is 1.64. The van der Waals surface area contributed by atoms with E-state index in [4.69, 9.17) is 19.7 Å². The van der Waals surface area contributed by atoms with Crippen LogP contribution in [0.2, 0.25) is 0 Å². The second kappa shape index (κ2) is 5.54. The number of benzene rings is 1. The lowest BCUT2D eigenvalue weighted by Crippen LogP contribution is -2.14. The highest BCUT2D eigenvalue weighted by Gasteiger charge is 2.19. The molecule has 0 bridgehead atoms. The Balaban J connectivity index is 2.00. The molecule has 2 heterocycles. The van der Waals surface area contributed by atoms with Crippen LogP contribution in [0.4, 0.5) is 5.88 Å². The maximum absolute atomic E-state index is 5.82. The minimum atomic E-state index is 0.312. The molecular weight excluding hydrogens is 256 g/mol. The molecule has 0 amide bonds. The minimum Gasteiger partial charge on any atom is -0.496 e. The van der Waals surface area contributed by atoms with Gasteiger partial charge in [-0.25, -0.2) is 0 Å². The molecule has 1 aromatic heterocycles. The predicted octanol–water partition coefficient (Wildman–Crippen LogP) is 2.83. The Morgan fingerprint density at radius 3 is 2.70 bits per heavy atom. The Kier molecular flexibility index (Phi) is 3.60. The zero-order valence-corrected chi connectivity index (χ0v) is 11.5. The first-order chi connectivity index (χ1) is 9.79. The molecule has 5 nitrogen and oxygen atoms in total. The number of hydrogen-bond acceptors (Lipinski definition) is 5. The van der Waals surface area contributed by atoms with E-state index in [0.29, 0.717) is 11.8 Å². The molecule has 0 aliphatic carbocycles. The predicted molar refractivity (Wildman–Crippen MR) is 75.7 cm³/mol. The number of anilines is 1. The average molecular weight is 274 g/mol. The normalized spacial score (nSPS) is 16.2. The number of nitrogen functional groups attached to an aromatic ring is 1. The van der Waals surface area contributed by atoms with Gasteiger partial charge >= 0.3 is 0 Å². The van der Waals surface area contributed by atoms with Gasteiger partial charge in [0.1, 0.15) is 5.75 Å². The summed E-state index contributed by atoms with van der Waals surface area (Å²) in [5, 5.41) is 3.74. The van der Waals surface area contributed by atoms with E-state index in [-0.39, 0.29) is 0 Å². The van der Waals surface area contributed by atoms with Crippen molar-refractivity contribution in [3.8, 4) is 16.9 Å². The molecule has 5 heteroatoms. The maximum atomic E-state index is 5.82. The van der Waals surface area contributed by atoms with Crippen molar-refractivity contribution in [2.45, 2.75) is 18.8 Å². The van der Waals surface area contributed by atoms with E-state index in [1.165, 1.54) is 5.56 Å². The molecule has 1 aliphatic rings. The van der Waals surface area contributed by atoms with Crippen molar-refractivity contribution < 1.29 is 14.0 Å². The highest BCUT2D eigenvalue weighted by atomic mass is 16.5. The van der Waals surface area contributed by atoms with Crippen molar-refractivity contribution in [2.75, 3.05) is 26.1 Å². The standard InChI is InChI=1S/C15H18N2O3/c1-18-14-3-2-11(10-4-6-19-7-5-10)8-12(14)13-9-17-20-15(13)16/h2-3,8-10H,4-7,16H2,1H3. The summed E-state index contributed by atoms with van der Waals surface area (Å²) < 4.78 is 15.8. The molecule has 2 aromatic rings. The van der Waals surface area contributed by atoms with Crippen LogP contribution in [-0.2, 0) is 4.74 Å². The van der Waals surface area contributed by atoms with Crippen LogP contribution in [0.3, 0.4) is 0 Å². The summed E-state index contributed by atoms with van der Waals surface area (Å²) in [6.07, 6.45) is 3.72. The van der Waals surface area contributed by atoms with Crippen LogP contribution in [0.15, 0.2) is 28.9 Å². The molecule has 1 fully saturated rings. The molecule has 0 radical (unpaired) electrons. The summed E-state index contributed by atoms with van der Waals surface area (Å²) in [5.41, 5.74) is 8.80. The van der Waals surface area contributed by atoms with E-state index in [1.807, 2.05) is 6.07 Å². The zero-order chi connectivity index (χ0) is 13.9. The quantitative estimate of drug-likeness (QED) is 0.931. The van der Waals surface area contributed by atoms with Crippen molar-refractivity contribution in [1.82, 2.24) is 5.16 Å². The lowest BCUT2D eigenvalue weighted by Gasteiger charge is -2.23. The molecule has 0 saturated carbocycles. The van der Waals surface area contributed by atoms with E-state index in [0.717, 1.165) is 42.9 Å². The maximum Gasteiger partial charge on any atom is 0.230 e. The van der Waals surface area contributed by atoms with Gasteiger partial charge < -0.3 is 19.7 Å². The molecular formula is C15H18N2O3. The van der Waals surface area contributed by atoms with Gasteiger partial charge in [0, 0.05) is 18.8 Å². The first kappa shape index (κ1) is 13.0. The van der Waals surface area contributed by atoms with Gasteiger partial charge in [-0.15, -0.1) is 0 Å². The highest BCUT2D eigenvalue weighted by molar-refractivity contribution is 5.77. The Hall–Kier alpha value is -2.01. The lowest BCUT2D eigenvalue weighted by atomic mass is 9.89. The first-order valence-corrected chi connectivity index (χ1v) is 6.76. The van der Waals surface area contributed by atoms with Crippen LogP contribution in [0, 0.1) is 0 Å². The molecule has 0 unspecified atom stereocenters. The van der Waals surface area contributed by atoms with Gasteiger partial charge in [0.25, 0.3) is 0 Å². The van der Waals surface area contributed by atoms with E-state index in [9.17, 15) is 0 Å². The fourth-order valence-corrected chi connectivity index (χ4v) is 2.67. The first-order valence-electron chi connectivity index (χ1n) is 6.76. The number of methoxy groups -OCH3 is 1. The van der Waals surface area contributed by atoms with Gasteiger partial charge in [0.2, 0.25) is 5.88 Å². The summed E-state index contributed by atoms with van der Waals surface area (Å²) >= 11 is 0. The van der Waals surface area contributed by atoms with Gasteiger partial charge in [-0.3, -0.25) is 0 Å². The molecule has 2 N–H and O–H groups in total. The fourth-order valence-electron chi connectivity index (χ4n) is 2.67. The number of ether oxygens (including phenoxy) is 2. The third-order valence-corrected chi connectivity index (χ3v) is 3.80. The van der Waals surface area contributed by atoms with Crippen molar-refractivity contribution in [3.05, 3.63) is 30.0 Å². The molecule has 1 aromatic carbocycles. The van der Waals surface area contributed by atoms with Crippen molar-refractivity contribution in [3.63, 3.8) is 0 Å². The Labute approximate surface area is 117 Å². The van der Waals surface area contributed by atoms with Crippen molar-refractivity contribution >= 4 is 5.88 Å². The second-order valence-corrected chi connectivity index (χ2v) is 4.95. The molecule has 1 aliphatic heterocycles. The Morgan fingerprint density at radius 2 is 2.05 bits per heavy atom. The van der Waals surface area contributed by atoms with E-state index < -0.39 is 0 Å². The molecule has 0 atom stereocenters. The topological polar surface area (TPSA) is 70.5 Å². The largest absolute Gasteiger partial charge is 0.496 e. The third-order valence-electron chi connectivity index (χ3n) is 3.80. The summed E-state index contributed by atoms with van der Waals surface area (Å²) in [7, 11) is 1.65. The smallest absolute Gasteiger partial charge is 0.230 e. The van der Waals surface area contributed by atoms with Crippen LogP contribution < -0.4 is 10.5 Å². The van der Waals surface area contributed by atoms with Crippen LogP contribution in [0.1, 0.15) is 24.3 Å². The number of nitrogens with two attached hydrogens (primary N) is 1. The average Bonchev–Trinajstić information content (AvgIpc) is 2.93. The molecule has 0 spiro atoms. The molecule has 20 heavy (non-hydrogen) atoms. The monoisotopic (exact) mass is 274 g/mol. The van der Waals surface area contributed by atoms with Gasteiger partial charge in [0.15, 0.2) is 0 Å². The van der Waals surface area contributed by atoms with Crippen molar-refractivity contribution in [1.29, 1.82) is 0 Å². The summed E-state index contributed by atoms with van der Waals surface area (Å²) in [4.78, 5) is 0. The highest BCUT2D eigenvalue weighted by Crippen LogP contribution is 2.37. The van der Waals surface area contributed by atoms with E-state index in [1.54, 1.807) is 13.3 Å². The summed E-state index contributed by atoms with van der Waals surface area (Å²) in [6, 6.07) is 6.21. The van der Waals surface area contributed by atoms with Crippen LogP contribution >= 0.6 is 0 Å². The van der Waals surface area contributed by atoms with Gasteiger partial charge in [0.05, 0.1) is 18.9 Å². The van der Waals surface area contributed by atoms with Crippen molar-refractivity contribution in [2.24, 2.45) is 0 Å². The SMILES string of the molecule is COc1ccc(C2CCOCC2)cc1-c1cnoc1N. The van der Waals surface area contributed by atoms with Gasteiger partial charge in [-0.1, -0.05) is 11.2 Å². The third kappa shape index (κ3) is 2.36. The molecule has 1 saturated heterocycles. The zero-order valence-electron chi connectivity index (χ0n) is 11.5. The summed E-state index contributed by atoms with van der Waals surface area (Å²) in [5.74, 6) is 1.61. The van der Waals surface area contributed by atoms with Crippen LogP contribution in [0.25, 0.3) is 11.1 Å². The Bertz CT molecular complexity index is 589. The van der Waals surface area contributed by atoms with E-state index >= 15 is 0 Å². The van der Waals surface area contributed by atoms with Crippen LogP contribution in [-0.4, -0.2) is 25.5 Å². The number of aromatic nitrogens is 1. The number of rotatable bonds is 3. The number of hydrogen-bond donors (Lipinski definition) is 1. The second-order valence-electron chi connectivity index (χ2n) is 4.95. The van der Waals surface area contributed by atoms with E-state index in [2.05, 4.69) is 17.3 Å². The molecule has 3 rings (SSSR count). The Morgan fingerprint density at radius 1 is 1.25 bits per heavy atom. The fraction of sp³-hybridized carbons (Fsp3) is 0.400. The number of nitrogens with zero attached hydrogens (tertiary/aromatic N) is 1. The minimum absolute atomic E-state index is 0.312. The van der Waals surface area contributed by atoms with Gasteiger partial charge in [-0.05, 0) is 36.5 Å². The van der Waals surface area contributed by atoms with Gasteiger partial charge in [-0.2, -0.15) is 0 Å². The molecule has 106 valence electrons. The van der Waals surface area contributed by atoms with Crippen LogP contribution in [0.5, 0.6) is 5.75 Å². The lowest BCUT2D eigenvalue weighted by molar-refractivity contribution is 0.0853.